The van der Waals surface area contributed by atoms with Crippen molar-refractivity contribution in [3.63, 3.8) is 0 Å². The highest BCUT2D eigenvalue weighted by molar-refractivity contribution is 14.1. The van der Waals surface area contributed by atoms with E-state index in [1.165, 1.54) is 26.4 Å². The van der Waals surface area contributed by atoms with Crippen LogP contribution < -0.4 is 9.47 Å². The summed E-state index contributed by atoms with van der Waals surface area (Å²) in [5, 5.41) is -0.439. The largest absolute Gasteiger partial charge is 0.493 e. The van der Waals surface area contributed by atoms with E-state index in [0.29, 0.717) is 28.1 Å². The smallest absolute Gasteiger partial charge is 0.373 e. The Morgan fingerprint density at radius 3 is 2.58 bits per heavy atom. The van der Waals surface area contributed by atoms with E-state index in [2.05, 4.69) is 43.3 Å². The van der Waals surface area contributed by atoms with Gasteiger partial charge in [-0.25, -0.2) is 4.79 Å². The molecule has 8 nitrogen and oxygen atoms in total. The van der Waals surface area contributed by atoms with Gasteiger partial charge in [0.15, 0.2) is 11.5 Å². The number of imide groups is 1. The maximum absolute atomic E-state index is 12.9. The fourth-order valence-electron chi connectivity index (χ4n) is 3.32. The van der Waals surface area contributed by atoms with E-state index < -0.39 is 17.1 Å². The average molecular weight is 684 g/mol. The highest BCUT2D eigenvalue weighted by atomic mass is 127. The topological polar surface area (TPSA) is 95.3 Å². The predicted octanol–water partition coefficient (Wildman–Crippen LogP) is 6.26. The molecule has 0 spiro atoms. The summed E-state index contributed by atoms with van der Waals surface area (Å²) in [7, 11) is 2.77. The van der Waals surface area contributed by atoms with E-state index >= 15 is 0 Å². The van der Waals surface area contributed by atoms with Gasteiger partial charge in [-0.2, -0.15) is 0 Å². The Balaban J connectivity index is 1.50. The zero-order chi connectivity index (χ0) is 25.8. The van der Waals surface area contributed by atoms with Crippen molar-refractivity contribution in [2.75, 3.05) is 14.2 Å². The number of methoxy groups -OCH3 is 2. The molecular formula is C25H19BrINO7S. The van der Waals surface area contributed by atoms with Crippen LogP contribution in [0.5, 0.6) is 11.5 Å². The molecule has 2 amide bonds. The van der Waals surface area contributed by atoms with Gasteiger partial charge in [0.25, 0.3) is 11.1 Å². The monoisotopic (exact) mass is 683 g/mol. The average Bonchev–Trinajstić information content (AvgIpc) is 3.44. The number of halogens is 2. The fraction of sp³-hybridized carbons (Fsp3) is 0.160. The first kappa shape index (κ1) is 26.3. The second-order valence-corrected chi connectivity index (χ2v) is 10.6. The van der Waals surface area contributed by atoms with Crippen molar-refractivity contribution in [2.45, 2.75) is 13.2 Å². The van der Waals surface area contributed by atoms with Crippen molar-refractivity contribution in [1.82, 2.24) is 4.90 Å². The molecule has 1 aromatic heterocycles. The Hall–Kier alpha value is -2.77. The van der Waals surface area contributed by atoms with Crippen LogP contribution in [0, 0.1) is 3.57 Å². The summed E-state index contributed by atoms with van der Waals surface area (Å²) in [6.07, 6.45) is 1.61. The van der Waals surface area contributed by atoms with Gasteiger partial charge >= 0.3 is 5.97 Å². The van der Waals surface area contributed by atoms with Crippen LogP contribution in [0.15, 0.2) is 62.3 Å². The molecule has 3 aromatic rings. The molecular weight excluding hydrogens is 665 g/mol. The molecule has 36 heavy (non-hydrogen) atoms. The lowest BCUT2D eigenvalue weighted by molar-refractivity contribution is -0.123. The summed E-state index contributed by atoms with van der Waals surface area (Å²) < 4.78 is 23.3. The van der Waals surface area contributed by atoms with Gasteiger partial charge in [-0.15, -0.1) is 0 Å². The Kier molecular flexibility index (Phi) is 8.42. The maximum atomic E-state index is 12.9. The highest BCUT2D eigenvalue weighted by Crippen LogP contribution is 2.39. The van der Waals surface area contributed by atoms with Gasteiger partial charge < -0.3 is 18.6 Å². The number of esters is 1. The standard InChI is InChI=1S/C25H19BrINO7S/c1-32-20-10-15(9-18(26)22(20)34-13-14-3-5-16(27)6-4-14)11-21-23(29)28(25(31)36-21)12-17-7-8-19(35-17)24(30)33-2/h3-11H,12-13H2,1-2H3/b21-11+. The molecule has 0 bridgehead atoms. The van der Waals surface area contributed by atoms with Gasteiger partial charge in [0.2, 0.25) is 5.76 Å². The number of amides is 2. The number of benzene rings is 2. The molecule has 1 saturated heterocycles. The first-order valence-corrected chi connectivity index (χ1v) is 13.1. The molecule has 0 radical (unpaired) electrons. The van der Waals surface area contributed by atoms with Gasteiger partial charge in [0.1, 0.15) is 12.4 Å². The van der Waals surface area contributed by atoms with Gasteiger partial charge in [-0.05, 0) is 104 Å². The highest BCUT2D eigenvalue weighted by Gasteiger charge is 2.36. The first-order chi connectivity index (χ1) is 17.3. The maximum Gasteiger partial charge on any atom is 0.373 e. The predicted molar refractivity (Wildman–Crippen MR) is 146 cm³/mol. The zero-order valence-electron chi connectivity index (χ0n) is 19.1. The number of thioether (sulfide) groups is 1. The summed E-state index contributed by atoms with van der Waals surface area (Å²) in [6.45, 7) is 0.256. The first-order valence-electron chi connectivity index (χ1n) is 10.5. The van der Waals surface area contributed by atoms with Crippen molar-refractivity contribution in [2.24, 2.45) is 0 Å². The molecule has 1 aliphatic heterocycles. The van der Waals surface area contributed by atoms with Gasteiger partial charge in [-0.1, -0.05) is 12.1 Å². The molecule has 0 N–H and O–H groups in total. The number of furan rings is 1. The van der Waals surface area contributed by atoms with Crippen LogP contribution >= 0.6 is 50.3 Å². The normalized spacial score (nSPS) is 14.4. The lowest BCUT2D eigenvalue weighted by Gasteiger charge is -2.14. The Morgan fingerprint density at radius 2 is 1.89 bits per heavy atom. The molecule has 0 saturated carbocycles. The minimum atomic E-state index is -0.638. The number of ether oxygens (including phenoxy) is 3. The number of rotatable bonds is 8. The van der Waals surface area contributed by atoms with Crippen molar-refractivity contribution >= 4 is 73.5 Å². The van der Waals surface area contributed by atoms with Gasteiger partial charge in [0.05, 0.1) is 30.1 Å². The molecule has 0 atom stereocenters. The molecule has 1 aliphatic rings. The number of carbonyl (C=O) groups is 3. The van der Waals surface area contributed by atoms with E-state index in [-0.39, 0.29) is 23.0 Å². The van der Waals surface area contributed by atoms with Crippen LogP contribution in [0.2, 0.25) is 0 Å². The molecule has 1 fully saturated rings. The number of carbonyl (C=O) groups excluding carboxylic acids is 3. The van der Waals surface area contributed by atoms with E-state index in [9.17, 15) is 14.4 Å². The van der Waals surface area contributed by atoms with Crippen LogP contribution in [-0.4, -0.2) is 36.2 Å². The molecule has 0 aliphatic carbocycles. The van der Waals surface area contributed by atoms with Gasteiger partial charge in [-0.3, -0.25) is 14.5 Å². The second-order valence-electron chi connectivity index (χ2n) is 7.47. The van der Waals surface area contributed by atoms with E-state index in [4.69, 9.17) is 13.9 Å². The summed E-state index contributed by atoms with van der Waals surface area (Å²) in [5.74, 6) is 0.192. The summed E-state index contributed by atoms with van der Waals surface area (Å²) in [6, 6.07) is 14.5. The molecule has 2 aromatic carbocycles. The minimum Gasteiger partial charge on any atom is -0.493 e. The van der Waals surface area contributed by atoms with Crippen LogP contribution in [-0.2, 0) is 22.7 Å². The summed E-state index contributed by atoms with van der Waals surface area (Å²) >= 11 is 6.59. The molecule has 0 unspecified atom stereocenters. The fourth-order valence-corrected chi connectivity index (χ4v) is 5.09. The lowest BCUT2D eigenvalue weighted by atomic mass is 10.1. The van der Waals surface area contributed by atoms with Crippen LogP contribution in [0.4, 0.5) is 4.79 Å². The SMILES string of the molecule is COC(=O)c1ccc(CN2C(=O)S/C(=C/c3cc(Br)c(OCc4ccc(I)cc4)c(OC)c3)C2=O)o1. The van der Waals surface area contributed by atoms with E-state index in [1.807, 2.05) is 24.3 Å². The minimum absolute atomic E-state index is 0.00344. The van der Waals surface area contributed by atoms with Crippen LogP contribution in [0.1, 0.15) is 27.4 Å². The van der Waals surface area contributed by atoms with Crippen LogP contribution in [0.3, 0.4) is 0 Å². The van der Waals surface area contributed by atoms with E-state index in [0.717, 1.165) is 25.8 Å². The third-order valence-corrected chi connectivity index (χ3v) is 7.30. The van der Waals surface area contributed by atoms with Crippen molar-refractivity contribution in [3.05, 3.63) is 84.1 Å². The molecule has 186 valence electrons. The summed E-state index contributed by atoms with van der Waals surface area (Å²) in [5.41, 5.74) is 1.66. The number of nitrogens with zero attached hydrogens (tertiary/aromatic N) is 1. The molecule has 11 heteroatoms. The molecule has 4 rings (SSSR count). The number of hydrogen-bond acceptors (Lipinski definition) is 8. The Bertz CT molecular complexity index is 1350. The van der Waals surface area contributed by atoms with Crippen LogP contribution in [0.25, 0.3) is 6.08 Å². The quantitative estimate of drug-likeness (QED) is 0.156. The third kappa shape index (κ3) is 5.95. The third-order valence-electron chi connectivity index (χ3n) is 5.08. The molecule has 2 heterocycles. The van der Waals surface area contributed by atoms with Crippen molar-refractivity contribution in [1.29, 1.82) is 0 Å². The number of hydrogen-bond donors (Lipinski definition) is 0. The van der Waals surface area contributed by atoms with Crippen molar-refractivity contribution in [3.8, 4) is 11.5 Å². The van der Waals surface area contributed by atoms with Gasteiger partial charge in [0, 0.05) is 3.57 Å². The Labute approximate surface area is 233 Å². The Morgan fingerprint density at radius 1 is 1.14 bits per heavy atom. The van der Waals surface area contributed by atoms with E-state index in [1.54, 1.807) is 18.2 Å². The summed E-state index contributed by atoms with van der Waals surface area (Å²) in [4.78, 5) is 38.3. The second kappa shape index (κ2) is 11.5. The lowest BCUT2D eigenvalue weighted by Crippen LogP contribution is -2.27. The zero-order valence-corrected chi connectivity index (χ0v) is 23.6. The van der Waals surface area contributed by atoms with Crippen molar-refractivity contribution < 1.29 is 33.0 Å².